The van der Waals surface area contributed by atoms with Crippen LogP contribution in [0.4, 0.5) is 0 Å². The third-order valence-corrected chi connectivity index (χ3v) is 5.89. The zero-order valence-electron chi connectivity index (χ0n) is 15.7. The first-order chi connectivity index (χ1) is 13.5. The molecule has 0 aliphatic carbocycles. The Balaban J connectivity index is 2.01. The quantitative estimate of drug-likeness (QED) is 0.204. The number of rotatable bonds is 7. The number of carbonyl (C=O) groups is 1. The minimum Gasteiger partial charge on any atom is -0.466 e. The average molecular weight is 508 g/mol. The van der Waals surface area contributed by atoms with Gasteiger partial charge in [0.25, 0.3) is 5.56 Å². The second kappa shape index (κ2) is 9.56. The molecule has 146 valence electrons. The molecular formula is C21H21IN2O3S. The molecule has 0 radical (unpaired) electrons. The zero-order valence-corrected chi connectivity index (χ0v) is 18.7. The largest absolute Gasteiger partial charge is 0.466 e. The molecule has 0 aliphatic heterocycles. The van der Waals surface area contributed by atoms with Gasteiger partial charge < -0.3 is 4.74 Å². The van der Waals surface area contributed by atoms with Gasteiger partial charge in [-0.2, -0.15) is 0 Å². The number of benzene rings is 2. The van der Waals surface area contributed by atoms with E-state index in [1.54, 1.807) is 11.5 Å². The maximum Gasteiger partial charge on any atom is 0.306 e. The number of hydrogen-bond acceptors (Lipinski definition) is 5. The molecule has 3 rings (SSSR count). The van der Waals surface area contributed by atoms with E-state index in [0.29, 0.717) is 29.2 Å². The highest BCUT2D eigenvalue weighted by atomic mass is 127. The molecule has 3 aromatic rings. The van der Waals surface area contributed by atoms with E-state index >= 15 is 0 Å². The van der Waals surface area contributed by atoms with Crippen LogP contribution < -0.4 is 5.56 Å². The zero-order chi connectivity index (χ0) is 20.1. The second-order valence-corrected chi connectivity index (χ2v) is 9.02. The number of carbonyl (C=O) groups excluding carboxylic acids is 1. The Morgan fingerprint density at radius 3 is 2.71 bits per heavy atom. The van der Waals surface area contributed by atoms with Gasteiger partial charge in [-0.1, -0.05) is 49.0 Å². The van der Waals surface area contributed by atoms with Crippen LogP contribution >= 0.6 is 34.4 Å². The second-order valence-electron chi connectivity index (χ2n) is 6.37. The summed E-state index contributed by atoms with van der Waals surface area (Å²) >= 11 is 3.62. The lowest BCUT2D eigenvalue weighted by atomic mass is 10.2. The molecule has 0 bridgehead atoms. The van der Waals surface area contributed by atoms with E-state index in [1.165, 1.54) is 11.8 Å². The van der Waals surface area contributed by atoms with Crippen molar-refractivity contribution in [3.63, 3.8) is 0 Å². The maximum atomic E-state index is 13.2. The summed E-state index contributed by atoms with van der Waals surface area (Å²) in [5.74, 6) is -0.241. The predicted octanol–water partition coefficient (Wildman–Crippen LogP) is 4.48. The molecule has 0 aliphatic rings. The van der Waals surface area contributed by atoms with Gasteiger partial charge >= 0.3 is 5.97 Å². The molecule has 0 unspecified atom stereocenters. The van der Waals surface area contributed by atoms with Crippen molar-refractivity contribution >= 4 is 51.2 Å². The Bertz CT molecular complexity index is 1040. The van der Waals surface area contributed by atoms with Crippen LogP contribution in [0.5, 0.6) is 0 Å². The van der Waals surface area contributed by atoms with Gasteiger partial charge in [-0.25, -0.2) is 4.98 Å². The van der Waals surface area contributed by atoms with Gasteiger partial charge in [0.1, 0.15) is 0 Å². The van der Waals surface area contributed by atoms with Crippen molar-refractivity contribution in [2.24, 2.45) is 0 Å². The molecule has 0 N–H and O–H groups in total. The van der Waals surface area contributed by atoms with Crippen LogP contribution in [0.25, 0.3) is 10.9 Å². The summed E-state index contributed by atoms with van der Waals surface area (Å²) in [4.78, 5) is 29.8. The van der Waals surface area contributed by atoms with Gasteiger partial charge in [-0.05, 0) is 53.3 Å². The molecule has 2 aromatic carbocycles. The molecule has 1 heterocycles. The SMILES string of the molecule is CCOC(=O)C[C@H](C)Sc1nc2ccc(I)cc2c(=O)n1Cc1ccccc1. The summed E-state index contributed by atoms with van der Waals surface area (Å²) < 4.78 is 7.73. The fourth-order valence-electron chi connectivity index (χ4n) is 2.84. The van der Waals surface area contributed by atoms with Crippen LogP contribution in [0.2, 0.25) is 0 Å². The van der Waals surface area contributed by atoms with Crippen LogP contribution in [0.3, 0.4) is 0 Å². The number of thioether (sulfide) groups is 1. The molecule has 0 spiro atoms. The number of hydrogen-bond donors (Lipinski definition) is 0. The first-order valence-electron chi connectivity index (χ1n) is 9.04. The lowest BCUT2D eigenvalue weighted by Gasteiger charge is -2.16. The van der Waals surface area contributed by atoms with Gasteiger partial charge in [-0.15, -0.1) is 0 Å². The lowest BCUT2D eigenvalue weighted by molar-refractivity contribution is -0.142. The lowest BCUT2D eigenvalue weighted by Crippen LogP contribution is -2.25. The van der Waals surface area contributed by atoms with Crippen LogP contribution in [-0.2, 0) is 16.1 Å². The third-order valence-electron chi connectivity index (χ3n) is 4.13. The van der Waals surface area contributed by atoms with Crippen molar-refractivity contribution in [2.45, 2.75) is 37.2 Å². The Morgan fingerprint density at radius 1 is 1.25 bits per heavy atom. The monoisotopic (exact) mass is 508 g/mol. The highest BCUT2D eigenvalue weighted by molar-refractivity contribution is 14.1. The molecule has 7 heteroatoms. The molecular weight excluding hydrogens is 487 g/mol. The van der Waals surface area contributed by atoms with Gasteiger partial charge in [0, 0.05) is 8.82 Å². The topological polar surface area (TPSA) is 61.2 Å². The van der Waals surface area contributed by atoms with Crippen molar-refractivity contribution in [3.8, 4) is 0 Å². The van der Waals surface area contributed by atoms with E-state index in [-0.39, 0.29) is 23.2 Å². The Morgan fingerprint density at radius 2 is 2.00 bits per heavy atom. The summed E-state index contributed by atoms with van der Waals surface area (Å²) in [6.45, 7) is 4.53. The van der Waals surface area contributed by atoms with Crippen molar-refractivity contribution in [3.05, 3.63) is 68.0 Å². The van der Waals surface area contributed by atoms with E-state index in [1.807, 2.05) is 55.5 Å². The summed E-state index contributed by atoms with van der Waals surface area (Å²) in [5.41, 5.74) is 1.62. The van der Waals surface area contributed by atoms with Gasteiger partial charge in [0.05, 0.1) is 30.5 Å². The fourth-order valence-corrected chi connectivity index (χ4v) is 4.34. The van der Waals surface area contributed by atoms with Gasteiger partial charge in [-0.3, -0.25) is 14.2 Å². The van der Waals surface area contributed by atoms with Crippen LogP contribution in [0, 0.1) is 3.57 Å². The highest BCUT2D eigenvalue weighted by Crippen LogP contribution is 2.25. The first-order valence-corrected chi connectivity index (χ1v) is 11.0. The van der Waals surface area contributed by atoms with E-state index in [4.69, 9.17) is 9.72 Å². The number of esters is 1. The molecule has 0 fully saturated rings. The molecule has 0 saturated heterocycles. The summed E-state index contributed by atoms with van der Waals surface area (Å²) in [5, 5.41) is 1.15. The van der Waals surface area contributed by atoms with E-state index in [2.05, 4.69) is 22.6 Å². The fraction of sp³-hybridized carbons (Fsp3) is 0.286. The number of halogens is 1. The number of nitrogens with zero attached hydrogens (tertiary/aromatic N) is 2. The van der Waals surface area contributed by atoms with Crippen LogP contribution in [0.15, 0.2) is 58.5 Å². The van der Waals surface area contributed by atoms with Crippen molar-refractivity contribution in [1.29, 1.82) is 0 Å². The highest BCUT2D eigenvalue weighted by Gasteiger charge is 2.17. The third kappa shape index (κ3) is 5.14. The van der Waals surface area contributed by atoms with Crippen LogP contribution in [0.1, 0.15) is 25.8 Å². The molecule has 1 aromatic heterocycles. The standard InChI is InChI=1S/C21H21IN2O3S/c1-3-27-19(25)11-14(2)28-21-23-18-10-9-16(22)12-17(18)20(26)24(21)13-15-7-5-4-6-8-15/h4-10,12,14H,3,11,13H2,1-2H3/t14-/m0/s1. The predicted molar refractivity (Wildman–Crippen MR) is 121 cm³/mol. The maximum absolute atomic E-state index is 13.2. The average Bonchev–Trinajstić information content (AvgIpc) is 2.66. The minimum atomic E-state index is -0.241. The van der Waals surface area contributed by atoms with Crippen molar-refractivity contribution in [1.82, 2.24) is 9.55 Å². The Kier molecular flexibility index (Phi) is 7.12. The molecule has 5 nitrogen and oxygen atoms in total. The summed E-state index contributed by atoms with van der Waals surface area (Å²) in [7, 11) is 0. The van der Waals surface area contributed by atoms with Gasteiger partial charge in [0.15, 0.2) is 5.16 Å². The van der Waals surface area contributed by atoms with E-state index in [9.17, 15) is 9.59 Å². The van der Waals surface area contributed by atoms with E-state index < -0.39 is 0 Å². The summed E-state index contributed by atoms with van der Waals surface area (Å²) in [6, 6.07) is 15.5. The molecule has 1 atom stereocenters. The molecule has 0 saturated carbocycles. The normalized spacial score (nSPS) is 12.1. The first kappa shape index (κ1) is 20.9. The summed E-state index contributed by atoms with van der Waals surface area (Å²) in [6.07, 6.45) is 0.268. The van der Waals surface area contributed by atoms with E-state index in [0.717, 1.165) is 9.13 Å². The van der Waals surface area contributed by atoms with Crippen molar-refractivity contribution in [2.75, 3.05) is 6.61 Å². The molecule has 28 heavy (non-hydrogen) atoms. The Hall–Kier alpha value is -1.87. The molecule has 0 amide bonds. The van der Waals surface area contributed by atoms with Gasteiger partial charge in [0.2, 0.25) is 0 Å². The Labute approximate surface area is 181 Å². The minimum absolute atomic E-state index is 0.0609. The smallest absolute Gasteiger partial charge is 0.306 e. The van der Waals surface area contributed by atoms with Crippen LogP contribution in [-0.4, -0.2) is 27.4 Å². The number of aromatic nitrogens is 2. The number of ether oxygens (including phenoxy) is 1. The van der Waals surface area contributed by atoms with Crippen molar-refractivity contribution < 1.29 is 9.53 Å². The number of fused-ring (bicyclic) bond motifs is 1.